The van der Waals surface area contributed by atoms with E-state index in [0.29, 0.717) is 19.3 Å². The molecule has 0 amide bonds. The fourth-order valence-corrected chi connectivity index (χ4v) is 1.90. The zero-order valence-corrected chi connectivity index (χ0v) is 15.6. The molecule has 144 valence electrons. The molecule has 2 unspecified atom stereocenters. The number of aliphatic carboxylic acids is 1. The third kappa shape index (κ3) is 18.2. The molecule has 4 nitrogen and oxygen atoms in total. The highest BCUT2D eigenvalue weighted by Gasteiger charge is 1.95. The lowest BCUT2D eigenvalue weighted by atomic mass is 10.2. The first-order valence-corrected chi connectivity index (χ1v) is 9.10. The van der Waals surface area contributed by atoms with Gasteiger partial charge in [-0.05, 0) is 32.1 Å². The molecule has 0 aliphatic carbocycles. The molecule has 0 radical (unpaired) electrons. The van der Waals surface area contributed by atoms with E-state index in [1.807, 2.05) is 12.2 Å². The number of carbonyl (C=O) groups is 1. The lowest BCUT2D eigenvalue weighted by Gasteiger charge is -1.99. The van der Waals surface area contributed by atoms with Crippen molar-refractivity contribution in [2.75, 3.05) is 0 Å². The molecule has 4 heteroatoms. The number of rotatable bonds is 14. The molecule has 3 N–H and O–H groups in total. The lowest BCUT2D eigenvalue weighted by molar-refractivity contribution is -0.136. The van der Waals surface area contributed by atoms with Crippen LogP contribution in [0.4, 0.5) is 0 Å². The van der Waals surface area contributed by atoms with Gasteiger partial charge in [-0.2, -0.15) is 0 Å². The minimum atomic E-state index is -0.821. The second-order valence-corrected chi connectivity index (χ2v) is 5.75. The lowest BCUT2D eigenvalue weighted by Crippen LogP contribution is -1.99. The van der Waals surface area contributed by atoms with Crippen LogP contribution in [0, 0.1) is 0 Å². The van der Waals surface area contributed by atoms with Crippen molar-refractivity contribution in [3.63, 3.8) is 0 Å². The molecule has 0 aromatic heterocycles. The molecule has 0 spiro atoms. The summed E-state index contributed by atoms with van der Waals surface area (Å²) in [7, 11) is 0. The van der Waals surface area contributed by atoms with Gasteiger partial charge in [-0.15, -0.1) is 0 Å². The largest absolute Gasteiger partial charge is 0.481 e. The molecule has 0 aromatic rings. The molecule has 0 bridgehead atoms. The maximum Gasteiger partial charge on any atom is 0.303 e. The number of aliphatic hydroxyl groups excluding tert-OH is 2. The highest BCUT2D eigenvalue weighted by Crippen LogP contribution is 2.00. The fourth-order valence-electron chi connectivity index (χ4n) is 1.90. The van der Waals surface area contributed by atoms with E-state index in [1.54, 1.807) is 48.6 Å². The standard InChI is InChI=1S/C22H32O4/c1-2-3-4-5-6-10-15-20(23)16-11-7-8-12-17-21(24)18-13-9-14-19-22(25)26/h3-4,6-13,16-17,20-21,23-24H,2,5,14-15,18-19H2,1H3,(H,25,26)/b4-3-,8-7-,10-6-,13-9-,16-11+,17-12+. The molecule has 0 saturated carbocycles. The highest BCUT2D eigenvalue weighted by molar-refractivity contribution is 5.66. The van der Waals surface area contributed by atoms with E-state index < -0.39 is 18.2 Å². The van der Waals surface area contributed by atoms with Crippen molar-refractivity contribution in [2.45, 2.75) is 57.7 Å². The molecule has 0 rings (SSSR count). The molecule has 0 aliphatic heterocycles. The Hall–Kier alpha value is -2.17. The molecular formula is C22H32O4. The SMILES string of the molecule is CC/C=C\C/C=C\CC(O)/C=C/C=C\C=C\C(O)C/C=C\CCC(=O)O. The molecule has 2 atom stereocenters. The van der Waals surface area contributed by atoms with Gasteiger partial charge in [-0.25, -0.2) is 0 Å². The molecule has 0 aromatic carbocycles. The predicted molar refractivity (Wildman–Crippen MR) is 108 cm³/mol. The minimum absolute atomic E-state index is 0.106. The Morgan fingerprint density at radius 3 is 1.88 bits per heavy atom. The summed E-state index contributed by atoms with van der Waals surface area (Å²) >= 11 is 0. The van der Waals surface area contributed by atoms with Crippen LogP contribution in [0.25, 0.3) is 0 Å². The van der Waals surface area contributed by atoms with Crippen molar-refractivity contribution < 1.29 is 20.1 Å². The molecule has 0 aliphatic rings. The Morgan fingerprint density at radius 1 is 0.808 bits per heavy atom. The fraction of sp³-hybridized carbons (Fsp3) is 0.409. The van der Waals surface area contributed by atoms with E-state index in [0.717, 1.165) is 12.8 Å². The zero-order valence-electron chi connectivity index (χ0n) is 15.6. The normalized spacial score (nSPS) is 15.5. The van der Waals surface area contributed by atoms with Gasteiger partial charge in [-0.1, -0.05) is 79.8 Å². The van der Waals surface area contributed by atoms with Crippen LogP contribution in [0.3, 0.4) is 0 Å². The van der Waals surface area contributed by atoms with Gasteiger partial charge in [0.05, 0.1) is 12.2 Å². The van der Waals surface area contributed by atoms with E-state index in [9.17, 15) is 15.0 Å². The quantitative estimate of drug-likeness (QED) is 0.315. The van der Waals surface area contributed by atoms with E-state index in [-0.39, 0.29) is 6.42 Å². The van der Waals surface area contributed by atoms with Gasteiger partial charge in [0.25, 0.3) is 0 Å². The van der Waals surface area contributed by atoms with Crippen molar-refractivity contribution in [2.24, 2.45) is 0 Å². The monoisotopic (exact) mass is 360 g/mol. The number of carboxylic acids is 1. The number of hydrogen-bond donors (Lipinski definition) is 3. The van der Waals surface area contributed by atoms with Crippen LogP contribution >= 0.6 is 0 Å². The number of allylic oxidation sites excluding steroid dienone is 8. The summed E-state index contributed by atoms with van der Waals surface area (Å²) in [6.45, 7) is 2.10. The van der Waals surface area contributed by atoms with Gasteiger partial charge in [-0.3, -0.25) is 4.79 Å². The highest BCUT2D eigenvalue weighted by atomic mass is 16.4. The Labute approximate surface area is 157 Å². The van der Waals surface area contributed by atoms with E-state index in [4.69, 9.17) is 5.11 Å². The summed E-state index contributed by atoms with van der Waals surface area (Å²) < 4.78 is 0. The first-order chi connectivity index (χ1) is 12.6. The van der Waals surface area contributed by atoms with Gasteiger partial charge >= 0.3 is 5.97 Å². The average Bonchev–Trinajstić information content (AvgIpc) is 2.60. The van der Waals surface area contributed by atoms with Crippen LogP contribution in [0.5, 0.6) is 0 Å². The average molecular weight is 360 g/mol. The molecule has 0 saturated heterocycles. The maximum atomic E-state index is 10.3. The Kier molecular flexibility index (Phi) is 16.2. The first-order valence-electron chi connectivity index (χ1n) is 9.10. The Balaban J connectivity index is 3.91. The Morgan fingerprint density at radius 2 is 1.35 bits per heavy atom. The second-order valence-electron chi connectivity index (χ2n) is 5.75. The number of carboxylic acid groups (broad SMARTS) is 1. The number of aliphatic hydroxyl groups is 2. The van der Waals surface area contributed by atoms with Crippen molar-refractivity contribution in [3.05, 3.63) is 72.9 Å². The summed E-state index contributed by atoms with van der Waals surface area (Å²) in [6.07, 6.45) is 24.7. The van der Waals surface area contributed by atoms with Gasteiger partial charge < -0.3 is 15.3 Å². The Bertz CT molecular complexity index is 524. The number of hydrogen-bond acceptors (Lipinski definition) is 3. The topological polar surface area (TPSA) is 77.8 Å². The smallest absolute Gasteiger partial charge is 0.303 e. The first kappa shape index (κ1) is 23.8. The van der Waals surface area contributed by atoms with Gasteiger partial charge in [0.2, 0.25) is 0 Å². The van der Waals surface area contributed by atoms with E-state index in [1.165, 1.54) is 0 Å². The van der Waals surface area contributed by atoms with Crippen LogP contribution in [-0.4, -0.2) is 33.5 Å². The summed E-state index contributed by atoms with van der Waals surface area (Å²) in [5.41, 5.74) is 0. The van der Waals surface area contributed by atoms with Crippen LogP contribution in [-0.2, 0) is 4.79 Å². The van der Waals surface area contributed by atoms with Crippen LogP contribution in [0.2, 0.25) is 0 Å². The van der Waals surface area contributed by atoms with E-state index in [2.05, 4.69) is 19.1 Å². The van der Waals surface area contributed by atoms with Crippen LogP contribution in [0.1, 0.15) is 45.4 Å². The predicted octanol–water partition coefficient (Wildman–Crippen LogP) is 4.49. The van der Waals surface area contributed by atoms with Crippen molar-refractivity contribution in [1.82, 2.24) is 0 Å². The van der Waals surface area contributed by atoms with E-state index >= 15 is 0 Å². The molecule has 26 heavy (non-hydrogen) atoms. The summed E-state index contributed by atoms with van der Waals surface area (Å²) in [4.78, 5) is 10.3. The molecule has 0 fully saturated rings. The van der Waals surface area contributed by atoms with Crippen molar-refractivity contribution >= 4 is 5.97 Å². The van der Waals surface area contributed by atoms with Gasteiger partial charge in [0.15, 0.2) is 0 Å². The summed E-state index contributed by atoms with van der Waals surface area (Å²) in [5.74, 6) is -0.821. The van der Waals surface area contributed by atoms with Crippen LogP contribution < -0.4 is 0 Å². The summed E-state index contributed by atoms with van der Waals surface area (Å²) in [5, 5.41) is 28.0. The van der Waals surface area contributed by atoms with Crippen LogP contribution in [0.15, 0.2) is 72.9 Å². The van der Waals surface area contributed by atoms with Crippen molar-refractivity contribution in [3.8, 4) is 0 Å². The molecular weight excluding hydrogens is 328 g/mol. The minimum Gasteiger partial charge on any atom is -0.481 e. The third-order valence-electron chi connectivity index (χ3n) is 3.29. The summed E-state index contributed by atoms with van der Waals surface area (Å²) in [6, 6.07) is 0. The zero-order chi connectivity index (χ0) is 19.5. The second kappa shape index (κ2) is 17.6. The maximum absolute atomic E-state index is 10.3. The van der Waals surface area contributed by atoms with Gasteiger partial charge in [0.1, 0.15) is 0 Å². The molecule has 0 heterocycles. The van der Waals surface area contributed by atoms with Crippen molar-refractivity contribution in [1.29, 1.82) is 0 Å². The third-order valence-corrected chi connectivity index (χ3v) is 3.29. The van der Waals surface area contributed by atoms with Gasteiger partial charge in [0, 0.05) is 6.42 Å².